The van der Waals surface area contributed by atoms with E-state index < -0.39 is 21.9 Å². The molecule has 1 heterocycles. The fourth-order valence-corrected chi connectivity index (χ4v) is 5.12. The molecule has 0 unspecified atom stereocenters. The summed E-state index contributed by atoms with van der Waals surface area (Å²) in [6, 6.07) is 4.99. The lowest BCUT2D eigenvalue weighted by Gasteiger charge is -2.18. The van der Waals surface area contributed by atoms with E-state index in [0.29, 0.717) is 5.92 Å². The van der Waals surface area contributed by atoms with Crippen molar-refractivity contribution in [1.29, 1.82) is 0 Å². The van der Waals surface area contributed by atoms with Gasteiger partial charge in [-0.3, -0.25) is 4.79 Å². The van der Waals surface area contributed by atoms with Crippen LogP contribution in [0.3, 0.4) is 0 Å². The highest BCUT2D eigenvalue weighted by Gasteiger charge is 2.49. The Morgan fingerprint density at radius 2 is 2.00 bits per heavy atom. The highest BCUT2D eigenvalue weighted by molar-refractivity contribution is 7.89. The number of hydrogen-bond donors (Lipinski definition) is 1. The van der Waals surface area contributed by atoms with Gasteiger partial charge in [0.05, 0.1) is 13.0 Å². The van der Waals surface area contributed by atoms with E-state index in [1.807, 2.05) is 6.92 Å². The van der Waals surface area contributed by atoms with Crippen molar-refractivity contribution in [2.75, 3.05) is 20.2 Å². The van der Waals surface area contributed by atoms with Crippen molar-refractivity contribution in [1.82, 2.24) is 4.31 Å². The van der Waals surface area contributed by atoms with E-state index in [1.165, 1.54) is 11.4 Å². The molecule has 0 bridgehead atoms. The van der Waals surface area contributed by atoms with Crippen LogP contribution in [0, 0.1) is 24.7 Å². The molecule has 1 saturated heterocycles. The third-order valence-electron chi connectivity index (χ3n) is 4.81. The normalized spacial score (nSPS) is 25.5. The number of carboxylic acids is 1. The molecule has 23 heavy (non-hydrogen) atoms. The minimum atomic E-state index is -3.76. The standard InChI is InChI=1S/C16H21NO5S/c1-10-3-6-14(22-2)15(7-10)23(20,21)17-8-12(11-4-5-11)13(9-17)16(18)19/h3,6-7,11-13H,4-5,8-9H2,1-2H3,(H,18,19)/t12-,13+/m1/s1. The quantitative estimate of drug-likeness (QED) is 0.883. The van der Waals surface area contributed by atoms with E-state index in [1.54, 1.807) is 18.2 Å². The molecule has 126 valence electrons. The number of carbonyl (C=O) groups is 1. The maximum Gasteiger partial charge on any atom is 0.308 e. The summed E-state index contributed by atoms with van der Waals surface area (Å²) in [7, 11) is -2.33. The number of carboxylic acid groups (broad SMARTS) is 1. The van der Waals surface area contributed by atoms with Gasteiger partial charge in [-0.05, 0) is 49.3 Å². The number of sulfonamides is 1. The predicted molar refractivity (Wildman–Crippen MR) is 83.8 cm³/mol. The molecule has 3 rings (SSSR count). The number of aliphatic carboxylic acids is 1. The van der Waals surface area contributed by atoms with Crippen molar-refractivity contribution in [2.24, 2.45) is 17.8 Å². The van der Waals surface area contributed by atoms with Crippen LogP contribution < -0.4 is 4.74 Å². The van der Waals surface area contributed by atoms with Crippen LogP contribution in [-0.4, -0.2) is 44.0 Å². The van der Waals surface area contributed by atoms with Crippen LogP contribution in [0.15, 0.2) is 23.1 Å². The average molecular weight is 339 g/mol. The predicted octanol–water partition coefficient (Wildman–Crippen LogP) is 1.73. The van der Waals surface area contributed by atoms with E-state index in [2.05, 4.69) is 0 Å². The Balaban J connectivity index is 1.94. The van der Waals surface area contributed by atoms with Gasteiger partial charge in [0.15, 0.2) is 0 Å². The van der Waals surface area contributed by atoms with Crippen LogP contribution in [0.25, 0.3) is 0 Å². The lowest BCUT2D eigenvalue weighted by molar-refractivity contribution is -0.142. The molecule has 1 N–H and O–H groups in total. The molecule has 0 radical (unpaired) electrons. The molecular weight excluding hydrogens is 318 g/mol. The smallest absolute Gasteiger partial charge is 0.308 e. The fraction of sp³-hybridized carbons (Fsp3) is 0.562. The Labute approximate surface area is 136 Å². The number of aryl methyl sites for hydroxylation is 1. The van der Waals surface area contributed by atoms with Gasteiger partial charge in [0.2, 0.25) is 10.0 Å². The van der Waals surface area contributed by atoms with Gasteiger partial charge in [0.1, 0.15) is 10.6 Å². The monoisotopic (exact) mass is 339 g/mol. The Morgan fingerprint density at radius 1 is 1.30 bits per heavy atom. The first kappa shape index (κ1) is 16.3. The van der Waals surface area contributed by atoms with Gasteiger partial charge in [0, 0.05) is 13.1 Å². The van der Waals surface area contributed by atoms with Crippen LogP contribution in [0.4, 0.5) is 0 Å². The van der Waals surface area contributed by atoms with Crippen LogP contribution >= 0.6 is 0 Å². The Morgan fingerprint density at radius 3 is 2.57 bits per heavy atom. The van der Waals surface area contributed by atoms with Crippen LogP contribution in [0.2, 0.25) is 0 Å². The summed E-state index contributed by atoms with van der Waals surface area (Å²) in [5.41, 5.74) is 0.817. The zero-order valence-corrected chi connectivity index (χ0v) is 14.0. The Kier molecular flexibility index (Phi) is 4.10. The zero-order chi connectivity index (χ0) is 16.8. The van der Waals surface area contributed by atoms with Crippen molar-refractivity contribution >= 4 is 16.0 Å². The van der Waals surface area contributed by atoms with Gasteiger partial charge in [0.25, 0.3) is 0 Å². The van der Waals surface area contributed by atoms with E-state index in [0.717, 1.165) is 18.4 Å². The molecule has 2 atom stereocenters. The maximum absolute atomic E-state index is 13.0. The molecular formula is C16H21NO5S. The summed E-state index contributed by atoms with van der Waals surface area (Å²) >= 11 is 0. The second-order valence-corrected chi connectivity index (χ2v) is 8.33. The summed E-state index contributed by atoms with van der Waals surface area (Å²) in [5.74, 6) is -0.977. The Bertz CT molecular complexity index is 726. The third-order valence-corrected chi connectivity index (χ3v) is 6.67. The van der Waals surface area contributed by atoms with Crippen molar-refractivity contribution in [3.63, 3.8) is 0 Å². The second kappa shape index (κ2) is 5.79. The number of methoxy groups -OCH3 is 1. The molecule has 2 fully saturated rings. The zero-order valence-electron chi connectivity index (χ0n) is 13.2. The molecule has 1 aromatic rings. The molecule has 1 aliphatic heterocycles. The molecule has 0 spiro atoms. The molecule has 7 heteroatoms. The lowest BCUT2D eigenvalue weighted by atomic mass is 9.92. The number of rotatable bonds is 5. The Hall–Kier alpha value is -1.60. The van der Waals surface area contributed by atoms with Crippen molar-refractivity contribution in [3.05, 3.63) is 23.8 Å². The molecule has 2 aliphatic rings. The molecule has 1 saturated carbocycles. The van der Waals surface area contributed by atoms with Crippen LogP contribution in [-0.2, 0) is 14.8 Å². The molecule has 0 aromatic heterocycles. The lowest BCUT2D eigenvalue weighted by Crippen LogP contribution is -2.30. The third kappa shape index (κ3) is 2.95. The van der Waals surface area contributed by atoms with Gasteiger partial charge in [-0.1, -0.05) is 6.07 Å². The second-order valence-electron chi connectivity index (χ2n) is 6.42. The number of ether oxygens (including phenoxy) is 1. The maximum atomic E-state index is 13.0. The first-order chi connectivity index (χ1) is 10.8. The topological polar surface area (TPSA) is 83.9 Å². The first-order valence-corrected chi connectivity index (χ1v) is 9.16. The molecule has 0 amide bonds. The SMILES string of the molecule is COc1ccc(C)cc1S(=O)(=O)N1C[C@H](C(=O)O)[C@@H](C2CC2)C1. The van der Waals surface area contributed by atoms with Crippen molar-refractivity contribution in [2.45, 2.75) is 24.7 Å². The summed E-state index contributed by atoms with van der Waals surface area (Å²) in [4.78, 5) is 11.6. The number of hydrogen-bond acceptors (Lipinski definition) is 4. The highest BCUT2D eigenvalue weighted by atomic mass is 32.2. The van der Waals surface area contributed by atoms with Crippen molar-refractivity contribution in [3.8, 4) is 5.75 Å². The summed E-state index contributed by atoms with van der Waals surface area (Å²) in [6.45, 7) is 2.13. The summed E-state index contributed by atoms with van der Waals surface area (Å²) < 4.78 is 32.4. The van der Waals surface area contributed by atoms with E-state index in [4.69, 9.17) is 4.74 Å². The minimum Gasteiger partial charge on any atom is -0.495 e. The molecule has 1 aromatic carbocycles. The van der Waals surface area contributed by atoms with E-state index in [9.17, 15) is 18.3 Å². The van der Waals surface area contributed by atoms with Crippen molar-refractivity contribution < 1.29 is 23.1 Å². The molecule has 1 aliphatic carbocycles. The van der Waals surface area contributed by atoms with Gasteiger partial charge >= 0.3 is 5.97 Å². The van der Waals surface area contributed by atoms with Crippen LogP contribution in [0.1, 0.15) is 18.4 Å². The van der Waals surface area contributed by atoms with E-state index >= 15 is 0 Å². The number of benzene rings is 1. The first-order valence-electron chi connectivity index (χ1n) is 7.72. The highest BCUT2D eigenvalue weighted by Crippen LogP contribution is 2.45. The summed E-state index contributed by atoms with van der Waals surface area (Å²) in [6.07, 6.45) is 1.99. The fourth-order valence-electron chi connectivity index (χ4n) is 3.38. The van der Waals surface area contributed by atoms with Gasteiger partial charge < -0.3 is 9.84 Å². The molecule has 6 nitrogen and oxygen atoms in total. The summed E-state index contributed by atoms with van der Waals surface area (Å²) in [5, 5.41) is 9.41. The van der Waals surface area contributed by atoms with E-state index in [-0.39, 0.29) is 29.7 Å². The number of nitrogens with zero attached hydrogens (tertiary/aromatic N) is 1. The van der Waals surface area contributed by atoms with Gasteiger partial charge in [-0.25, -0.2) is 8.42 Å². The largest absolute Gasteiger partial charge is 0.495 e. The minimum absolute atomic E-state index is 0.0376. The average Bonchev–Trinajstić information content (AvgIpc) is 3.24. The van der Waals surface area contributed by atoms with Gasteiger partial charge in [-0.2, -0.15) is 4.31 Å². The van der Waals surface area contributed by atoms with Gasteiger partial charge in [-0.15, -0.1) is 0 Å². The van der Waals surface area contributed by atoms with Crippen LogP contribution in [0.5, 0.6) is 5.75 Å².